The first-order valence-corrected chi connectivity index (χ1v) is 5.44. The molecule has 0 amide bonds. The molecule has 0 saturated carbocycles. The Morgan fingerprint density at radius 3 is 2.67 bits per heavy atom. The van der Waals surface area contributed by atoms with Crippen LogP contribution < -0.4 is 5.32 Å². The van der Waals surface area contributed by atoms with Crippen LogP contribution >= 0.6 is 0 Å². The summed E-state index contributed by atoms with van der Waals surface area (Å²) in [5.74, 6) is -0.923. The van der Waals surface area contributed by atoms with Gasteiger partial charge in [0.1, 0.15) is 0 Å². The Bertz CT molecular complexity index is 418. The van der Waals surface area contributed by atoms with E-state index in [-0.39, 0.29) is 12.5 Å². The number of anilines is 1. The molecule has 0 spiro atoms. The third kappa shape index (κ3) is 4.65. The van der Waals surface area contributed by atoms with E-state index in [1.807, 2.05) is 0 Å². The van der Waals surface area contributed by atoms with Crippen molar-refractivity contribution in [3.05, 3.63) is 29.8 Å². The molecule has 1 unspecified atom stereocenters. The van der Waals surface area contributed by atoms with Gasteiger partial charge >= 0.3 is 12.1 Å². The standard InChI is InChI=1S/C12H14F3NO2/c1-8(5-6-11(17)18)16-10-4-2-3-9(7-10)12(13,14)15/h2-4,7-8,16H,5-6H2,1H3,(H,17,18). The molecule has 0 aromatic heterocycles. The van der Waals surface area contributed by atoms with Crippen LogP contribution in [0.3, 0.4) is 0 Å². The summed E-state index contributed by atoms with van der Waals surface area (Å²) in [7, 11) is 0. The number of hydrogen-bond donors (Lipinski definition) is 2. The largest absolute Gasteiger partial charge is 0.481 e. The lowest BCUT2D eigenvalue weighted by molar-refractivity contribution is -0.138. The average molecular weight is 261 g/mol. The number of benzene rings is 1. The fraction of sp³-hybridized carbons (Fsp3) is 0.417. The Balaban J connectivity index is 2.65. The van der Waals surface area contributed by atoms with E-state index in [4.69, 9.17) is 5.11 Å². The van der Waals surface area contributed by atoms with Crippen LogP contribution in [0.1, 0.15) is 25.3 Å². The molecule has 2 N–H and O–H groups in total. The number of carboxylic acid groups (broad SMARTS) is 1. The van der Waals surface area contributed by atoms with Gasteiger partial charge in [-0.1, -0.05) is 6.07 Å². The van der Waals surface area contributed by atoms with Crippen LogP contribution in [0.25, 0.3) is 0 Å². The number of aliphatic carboxylic acids is 1. The Labute approximate surface area is 103 Å². The van der Waals surface area contributed by atoms with E-state index in [1.54, 1.807) is 6.92 Å². The predicted molar refractivity (Wildman–Crippen MR) is 61.4 cm³/mol. The summed E-state index contributed by atoms with van der Waals surface area (Å²) < 4.78 is 37.4. The summed E-state index contributed by atoms with van der Waals surface area (Å²) in [4.78, 5) is 10.4. The molecule has 1 atom stereocenters. The average Bonchev–Trinajstić information content (AvgIpc) is 2.25. The SMILES string of the molecule is CC(CCC(=O)O)Nc1cccc(C(F)(F)F)c1. The van der Waals surface area contributed by atoms with Gasteiger partial charge in [-0.05, 0) is 31.5 Å². The lowest BCUT2D eigenvalue weighted by atomic mass is 10.1. The van der Waals surface area contributed by atoms with Crippen LogP contribution in [0.2, 0.25) is 0 Å². The maximum Gasteiger partial charge on any atom is 0.416 e. The lowest BCUT2D eigenvalue weighted by Crippen LogP contribution is -2.17. The van der Waals surface area contributed by atoms with Gasteiger partial charge in [0.15, 0.2) is 0 Å². The second kappa shape index (κ2) is 5.75. The summed E-state index contributed by atoms with van der Waals surface area (Å²) in [5.41, 5.74) is -0.388. The Kier molecular flexibility index (Phi) is 4.58. The van der Waals surface area contributed by atoms with Crippen molar-refractivity contribution in [3.8, 4) is 0 Å². The zero-order valence-electron chi connectivity index (χ0n) is 9.79. The number of hydrogen-bond acceptors (Lipinski definition) is 2. The van der Waals surface area contributed by atoms with Crippen LogP contribution in [0.15, 0.2) is 24.3 Å². The zero-order valence-corrected chi connectivity index (χ0v) is 9.79. The van der Waals surface area contributed by atoms with Crippen molar-refractivity contribution >= 4 is 11.7 Å². The van der Waals surface area contributed by atoms with E-state index in [0.717, 1.165) is 12.1 Å². The molecule has 18 heavy (non-hydrogen) atoms. The van der Waals surface area contributed by atoms with Crippen molar-refractivity contribution in [1.29, 1.82) is 0 Å². The van der Waals surface area contributed by atoms with Crippen LogP contribution in [0, 0.1) is 0 Å². The van der Waals surface area contributed by atoms with Gasteiger partial charge < -0.3 is 10.4 Å². The lowest BCUT2D eigenvalue weighted by Gasteiger charge is -2.15. The maximum absolute atomic E-state index is 12.5. The molecule has 0 saturated heterocycles. The van der Waals surface area contributed by atoms with Crippen molar-refractivity contribution in [2.75, 3.05) is 5.32 Å². The highest BCUT2D eigenvalue weighted by atomic mass is 19.4. The van der Waals surface area contributed by atoms with E-state index in [9.17, 15) is 18.0 Å². The third-order valence-corrected chi connectivity index (χ3v) is 2.39. The minimum atomic E-state index is -4.37. The van der Waals surface area contributed by atoms with E-state index >= 15 is 0 Å². The van der Waals surface area contributed by atoms with Gasteiger partial charge in [0.05, 0.1) is 5.56 Å². The summed E-state index contributed by atoms with van der Waals surface area (Å²) in [6.45, 7) is 1.73. The van der Waals surface area contributed by atoms with Gasteiger partial charge in [0.2, 0.25) is 0 Å². The minimum Gasteiger partial charge on any atom is -0.481 e. The zero-order chi connectivity index (χ0) is 13.8. The van der Waals surface area contributed by atoms with Gasteiger partial charge in [-0.2, -0.15) is 13.2 Å². The molecule has 0 radical (unpaired) electrons. The summed E-state index contributed by atoms with van der Waals surface area (Å²) >= 11 is 0. The molecular formula is C12H14F3NO2. The van der Waals surface area contributed by atoms with E-state index in [1.165, 1.54) is 12.1 Å². The number of rotatable bonds is 5. The molecule has 0 aliphatic carbocycles. The van der Waals surface area contributed by atoms with Crippen LogP contribution in [-0.4, -0.2) is 17.1 Å². The molecule has 0 fully saturated rings. The number of halogens is 3. The Morgan fingerprint density at radius 2 is 2.11 bits per heavy atom. The van der Waals surface area contributed by atoms with Crippen LogP contribution in [-0.2, 0) is 11.0 Å². The van der Waals surface area contributed by atoms with E-state index in [2.05, 4.69) is 5.32 Å². The molecule has 0 aliphatic heterocycles. The van der Waals surface area contributed by atoms with Crippen molar-refractivity contribution in [1.82, 2.24) is 0 Å². The van der Waals surface area contributed by atoms with Crippen molar-refractivity contribution in [2.45, 2.75) is 32.0 Å². The first-order chi connectivity index (χ1) is 8.29. The molecule has 1 aromatic carbocycles. The third-order valence-electron chi connectivity index (χ3n) is 2.39. The number of carbonyl (C=O) groups is 1. The highest BCUT2D eigenvalue weighted by Crippen LogP contribution is 2.30. The summed E-state index contributed by atoms with van der Waals surface area (Å²) in [5, 5.41) is 11.3. The first kappa shape index (κ1) is 14.3. The molecule has 0 aliphatic rings. The summed E-state index contributed by atoms with van der Waals surface area (Å²) in [6, 6.07) is 4.64. The van der Waals surface area contributed by atoms with Gasteiger partial charge in [-0.25, -0.2) is 0 Å². The molecule has 100 valence electrons. The number of alkyl halides is 3. The second-order valence-electron chi connectivity index (χ2n) is 4.06. The highest BCUT2D eigenvalue weighted by molar-refractivity contribution is 5.66. The first-order valence-electron chi connectivity index (χ1n) is 5.44. The maximum atomic E-state index is 12.5. The van der Waals surface area contributed by atoms with Crippen molar-refractivity contribution < 1.29 is 23.1 Å². The fourth-order valence-electron chi connectivity index (χ4n) is 1.48. The molecule has 0 heterocycles. The van der Waals surface area contributed by atoms with Crippen LogP contribution in [0.5, 0.6) is 0 Å². The topological polar surface area (TPSA) is 49.3 Å². The molecular weight excluding hydrogens is 247 g/mol. The van der Waals surface area contributed by atoms with Crippen molar-refractivity contribution in [2.24, 2.45) is 0 Å². The van der Waals surface area contributed by atoms with Gasteiger partial charge in [0, 0.05) is 18.2 Å². The van der Waals surface area contributed by atoms with Crippen molar-refractivity contribution in [3.63, 3.8) is 0 Å². The minimum absolute atomic E-state index is 0.0207. The van der Waals surface area contributed by atoms with E-state index < -0.39 is 17.7 Å². The fourth-order valence-corrected chi connectivity index (χ4v) is 1.48. The molecule has 6 heteroatoms. The number of carboxylic acids is 1. The molecule has 1 aromatic rings. The van der Waals surface area contributed by atoms with E-state index in [0.29, 0.717) is 12.1 Å². The number of nitrogens with one attached hydrogen (secondary N) is 1. The summed E-state index contributed by atoms with van der Waals surface area (Å²) in [6.07, 6.45) is -4.04. The normalized spacial score (nSPS) is 13.1. The quantitative estimate of drug-likeness (QED) is 0.854. The monoisotopic (exact) mass is 261 g/mol. The van der Waals surface area contributed by atoms with Crippen LogP contribution in [0.4, 0.5) is 18.9 Å². The molecule has 0 bridgehead atoms. The van der Waals surface area contributed by atoms with Gasteiger partial charge in [-0.15, -0.1) is 0 Å². The highest BCUT2D eigenvalue weighted by Gasteiger charge is 2.30. The van der Waals surface area contributed by atoms with Gasteiger partial charge in [0.25, 0.3) is 0 Å². The second-order valence-corrected chi connectivity index (χ2v) is 4.06. The Morgan fingerprint density at radius 1 is 1.44 bits per heavy atom. The van der Waals surface area contributed by atoms with Gasteiger partial charge in [-0.3, -0.25) is 4.79 Å². The molecule has 3 nitrogen and oxygen atoms in total. The Hall–Kier alpha value is -1.72. The predicted octanol–water partition coefficient (Wildman–Crippen LogP) is 3.37. The molecule has 1 rings (SSSR count). The smallest absolute Gasteiger partial charge is 0.416 e.